The number of benzene rings is 2. The molecule has 188 valence electrons. The van der Waals surface area contributed by atoms with Gasteiger partial charge in [0.2, 0.25) is 11.8 Å². The monoisotopic (exact) mass is 491 g/mol. The lowest BCUT2D eigenvalue weighted by atomic mass is 9.99. The van der Waals surface area contributed by atoms with E-state index in [0.717, 1.165) is 31.2 Å². The van der Waals surface area contributed by atoms with E-state index < -0.39 is 36.1 Å². The standard InChI is InChI=1S/C28H30FN3O4/c1-2-19-10-3-8-15-23(19)32(25(33)18-30-27(34)24-16-9-17-36-24)26(21-13-6-7-14-22(21)29)28(35)31-20-11-4-5-12-20/h3,6-10,13-17,20,26H,2,4-5,11-12,18H2,1H3,(H,30,34)(H,31,35)/t26-/m1/s1. The molecule has 1 heterocycles. The second-order valence-corrected chi connectivity index (χ2v) is 8.82. The molecule has 1 saturated carbocycles. The molecule has 8 heteroatoms. The van der Waals surface area contributed by atoms with Crippen LogP contribution in [0.2, 0.25) is 0 Å². The second kappa shape index (κ2) is 11.7. The summed E-state index contributed by atoms with van der Waals surface area (Å²) in [5.41, 5.74) is 1.40. The molecule has 4 rings (SSSR count). The van der Waals surface area contributed by atoms with Gasteiger partial charge in [0.1, 0.15) is 11.9 Å². The van der Waals surface area contributed by atoms with Crippen LogP contribution in [0.15, 0.2) is 71.3 Å². The summed E-state index contributed by atoms with van der Waals surface area (Å²) in [6.07, 6.45) is 5.66. The summed E-state index contributed by atoms with van der Waals surface area (Å²) in [6, 6.07) is 15.0. The van der Waals surface area contributed by atoms with Gasteiger partial charge in [-0.1, -0.05) is 56.2 Å². The van der Waals surface area contributed by atoms with Gasteiger partial charge in [-0.15, -0.1) is 0 Å². The van der Waals surface area contributed by atoms with Gasteiger partial charge in [0.15, 0.2) is 5.76 Å². The lowest BCUT2D eigenvalue weighted by Crippen LogP contribution is -2.49. The van der Waals surface area contributed by atoms with E-state index >= 15 is 4.39 Å². The average molecular weight is 492 g/mol. The number of halogens is 1. The molecule has 1 aliphatic carbocycles. The van der Waals surface area contributed by atoms with Crippen LogP contribution in [0.25, 0.3) is 0 Å². The molecule has 0 aliphatic heterocycles. The van der Waals surface area contributed by atoms with Crippen LogP contribution in [-0.4, -0.2) is 30.3 Å². The van der Waals surface area contributed by atoms with Gasteiger partial charge in [-0.25, -0.2) is 4.39 Å². The van der Waals surface area contributed by atoms with E-state index in [9.17, 15) is 14.4 Å². The normalized spacial score (nSPS) is 14.3. The first-order valence-corrected chi connectivity index (χ1v) is 12.3. The van der Waals surface area contributed by atoms with Crippen LogP contribution in [0.5, 0.6) is 0 Å². The van der Waals surface area contributed by atoms with E-state index in [1.807, 2.05) is 19.1 Å². The van der Waals surface area contributed by atoms with E-state index in [4.69, 9.17) is 4.42 Å². The maximum Gasteiger partial charge on any atom is 0.287 e. The van der Waals surface area contributed by atoms with Crippen LogP contribution in [0.1, 0.15) is 60.3 Å². The number of carbonyl (C=O) groups is 3. The van der Waals surface area contributed by atoms with Crippen LogP contribution >= 0.6 is 0 Å². The Kier molecular flexibility index (Phi) is 8.15. The summed E-state index contributed by atoms with van der Waals surface area (Å²) in [6.45, 7) is 1.54. The Morgan fingerprint density at radius 2 is 1.75 bits per heavy atom. The first-order valence-electron chi connectivity index (χ1n) is 12.3. The van der Waals surface area contributed by atoms with Crippen molar-refractivity contribution in [1.29, 1.82) is 0 Å². The van der Waals surface area contributed by atoms with Crippen molar-refractivity contribution >= 4 is 23.4 Å². The summed E-state index contributed by atoms with van der Waals surface area (Å²) < 4.78 is 20.2. The number of amides is 3. The molecule has 3 aromatic rings. The fourth-order valence-electron chi connectivity index (χ4n) is 4.64. The number of carbonyl (C=O) groups excluding carboxylic acids is 3. The van der Waals surface area contributed by atoms with Crippen LogP contribution in [0.3, 0.4) is 0 Å². The lowest BCUT2D eigenvalue weighted by molar-refractivity contribution is -0.126. The fraction of sp³-hybridized carbons (Fsp3) is 0.321. The number of rotatable bonds is 9. The van der Waals surface area contributed by atoms with Crippen molar-refractivity contribution in [3.63, 3.8) is 0 Å². The quantitative estimate of drug-likeness (QED) is 0.460. The molecule has 1 aliphatic rings. The van der Waals surface area contributed by atoms with Gasteiger partial charge in [0, 0.05) is 17.3 Å². The third-order valence-electron chi connectivity index (χ3n) is 6.45. The highest BCUT2D eigenvalue weighted by molar-refractivity contribution is 6.04. The van der Waals surface area contributed by atoms with Gasteiger partial charge in [-0.2, -0.15) is 0 Å². The minimum Gasteiger partial charge on any atom is -0.459 e. The van der Waals surface area contributed by atoms with E-state index in [1.54, 1.807) is 30.3 Å². The van der Waals surface area contributed by atoms with Gasteiger partial charge < -0.3 is 15.1 Å². The Hall–Kier alpha value is -3.94. The first-order chi connectivity index (χ1) is 17.5. The van der Waals surface area contributed by atoms with Gasteiger partial charge in [0.25, 0.3) is 5.91 Å². The predicted molar refractivity (Wildman–Crippen MR) is 134 cm³/mol. The summed E-state index contributed by atoms with van der Waals surface area (Å²) in [5, 5.41) is 5.59. The zero-order valence-electron chi connectivity index (χ0n) is 20.2. The largest absolute Gasteiger partial charge is 0.459 e. The van der Waals surface area contributed by atoms with Crippen molar-refractivity contribution in [3.05, 3.63) is 89.6 Å². The Morgan fingerprint density at radius 1 is 1.03 bits per heavy atom. The molecule has 0 spiro atoms. The SMILES string of the molecule is CCc1ccccc1N(C(=O)CNC(=O)c1ccco1)[C@@H](C(=O)NC1CCCC1)c1ccccc1F. The van der Waals surface area contributed by atoms with Crippen LogP contribution < -0.4 is 15.5 Å². The molecule has 0 saturated heterocycles. The molecular weight excluding hydrogens is 461 g/mol. The minimum atomic E-state index is -1.26. The maximum absolute atomic E-state index is 15.1. The van der Waals surface area contributed by atoms with E-state index in [2.05, 4.69) is 10.6 Å². The summed E-state index contributed by atoms with van der Waals surface area (Å²) >= 11 is 0. The Labute approximate surface area is 209 Å². The van der Waals surface area contributed by atoms with Gasteiger partial charge in [0.05, 0.1) is 12.8 Å². The average Bonchev–Trinajstić information content (AvgIpc) is 3.61. The fourth-order valence-corrected chi connectivity index (χ4v) is 4.64. The first kappa shape index (κ1) is 25.2. The minimum absolute atomic E-state index is 0.0243. The van der Waals surface area contributed by atoms with Crippen molar-refractivity contribution < 1.29 is 23.2 Å². The predicted octanol–water partition coefficient (Wildman–Crippen LogP) is 4.54. The third kappa shape index (κ3) is 5.64. The van der Waals surface area contributed by atoms with Gasteiger partial charge in [-0.05, 0) is 49.1 Å². The van der Waals surface area contributed by atoms with Gasteiger partial charge >= 0.3 is 0 Å². The van der Waals surface area contributed by atoms with E-state index in [0.29, 0.717) is 12.1 Å². The third-order valence-corrected chi connectivity index (χ3v) is 6.45. The number of nitrogens with one attached hydrogen (secondary N) is 2. The molecule has 2 N–H and O–H groups in total. The van der Waals surface area contributed by atoms with Crippen molar-refractivity contribution in [1.82, 2.24) is 10.6 Å². The molecule has 36 heavy (non-hydrogen) atoms. The Bertz CT molecular complexity index is 1210. The number of aryl methyl sites for hydroxylation is 1. The van der Waals surface area contributed by atoms with Crippen molar-refractivity contribution in [2.24, 2.45) is 0 Å². The molecule has 1 fully saturated rings. The molecule has 0 bridgehead atoms. The summed E-state index contributed by atoms with van der Waals surface area (Å²) in [4.78, 5) is 41.2. The summed E-state index contributed by atoms with van der Waals surface area (Å²) in [7, 11) is 0. The van der Waals surface area contributed by atoms with Gasteiger partial charge in [-0.3, -0.25) is 19.3 Å². The number of para-hydroxylation sites is 1. The number of anilines is 1. The molecule has 7 nitrogen and oxygen atoms in total. The molecule has 1 aromatic heterocycles. The highest BCUT2D eigenvalue weighted by atomic mass is 19.1. The smallest absolute Gasteiger partial charge is 0.287 e. The number of nitrogens with zero attached hydrogens (tertiary/aromatic N) is 1. The Morgan fingerprint density at radius 3 is 2.44 bits per heavy atom. The molecule has 1 atom stereocenters. The second-order valence-electron chi connectivity index (χ2n) is 8.82. The maximum atomic E-state index is 15.1. The van der Waals surface area contributed by atoms with Crippen molar-refractivity contribution in [3.8, 4) is 0 Å². The zero-order chi connectivity index (χ0) is 25.5. The number of hydrogen-bond acceptors (Lipinski definition) is 4. The Balaban J connectivity index is 1.73. The van der Waals surface area contributed by atoms with Crippen LogP contribution in [-0.2, 0) is 16.0 Å². The summed E-state index contributed by atoms with van der Waals surface area (Å²) in [5.74, 6) is -2.09. The molecular formula is C28H30FN3O4. The van der Waals surface area contributed by atoms with Crippen molar-refractivity contribution in [2.75, 3.05) is 11.4 Å². The highest BCUT2D eigenvalue weighted by Crippen LogP contribution is 2.33. The molecule has 3 amide bonds. The van der Waals surface area contributed by atoms with E-state index in [-0.39, 0.29) is 17.4 Å². The molecule has 0 unspecified atom stereocenters. The highest BCUT2D eigenvalue weighted by Gasteiger charge is 2.36. The van der Waals surface area contributed by atoms with Crippen molar-refractivity contribution in [2.45, 2.75) is 51.1 Å². The van der Waals surface area contributed by atoms with Crippen LogP contribution in [0, 0.1) is 5.82 Å². The van der Waals surface area contributed by atoms with Crippen LogP contribution in [0.4, 0.5) is 10.1 Å². The molecule has 0 radical (unpaired) electrons. The van der Waals surface area contributed by atoms with E-state index in [1.165, 1.54) is 29.4 Å². The molecule has 2 aromatic carbocycles. The lowest BCUT2D eigenvalue weighted by Gasteiger charge is -2.33. The topological polar surface area (TPSA) is 91.7 Å². The zero-order valence-corrected chi connectivity index (χ0v) is 20.2. The number of hydrogen-bond donors (Lipinski definition) is 2. The number of furan rings is 1.